The maximum absolute atomic E-state index is 5.03. The number of aromatic nitrogens is 1. The van der Waals surface area contributed by atoms with Gasteiger partial charge >= 0.3 is 0 Å². The average Bonchev–Trinajstić information content (AvgIpc) is 2.52. The number of hydrogen-bond donors (Lipinski definition) is 1. The van der Waals surface area contributed by atoms with Gasteiger partial charge in [-0.25, -0.2) is 4.98 Å². The second-order valence-corrected chi connectivity index (χ2v) is 4.69. The highest BCUT2D eigenvalue weighted by Gasteiger charge is 2.17. The zero-order chi connectivity index (χ0) is 9.90. The molecule has 0 aromatic carbocycles. The first-order chi connectivity index (χ1) is 6.07. The minimum Gasteiger partial charge on any atom is -0.473 e. The Balaban J connectivity index is 2.63. The van der Waals surface area contributed by atoms with Crippen molar-refractivity contribution in [1.82, 2.24) is 10.3 Å². The lowest BCUT2D eigenvalue weighted by Gasteiger charge is -2.22. The summed E-state index contributed by atoms with van der Waals surface area (Å²) in [4.78, 5) is 5.37. The van der Waals surface area contributed by atoms with E-state index >= 15 is 0 Å². The molecule has 0 aliphatic rings. The van der Waals surface area contributed by atoms with Crippen LogP contribution in [0.4, 0.5) is 0 Å². The standard InChI is InChI=1S/C9H16N2OS/c1-9(2,10-3)5-7-6-11-8(12-4)13-7/h6,10H,5H2,1-4H3. The molecule has 1 N–H and O–H groups in total. The van der Waals surface area contributed by atoms with Crippen LogP contribution in [0.15, 0.2) is 6.20 Å². The zero-order valence-electron chi connectivity index (χ0n) is 8.55. The molecule has 0 aliphatic carbocycles. The molecular formula is C9H16N2OS. The van der Waals surface area contributed by atoms with Crippen LogP contribution in [-0.2, 0) is 6.42 Å². The van der Waals surface area contributed by atoms with Crippen molar-refractivity contribution in [2.75, 3.05) is 14.2 Å². The Morgan fingerprint density at radius 3 is 2.77 bits per heavy atom. The molecule has 0 aliphatic heterocycles. The summed E-state index contributed by atoms with van der Waals surface area (Å²) in [5.41, 5.74) is 0.123. The van der Waals surface area contributed by atoms with Gasteiger partial charge in [0.05, 0.1) is 7.11 Å². The van der Waals surface area contributed by atoms with E-state index in [1.54, 1.807) is 18.4 Å². The van der Waals surface area contributed by atoms with Gasteiger partial charge < -0.3 is 10.1 Å². The Labute approximate surface area is 83.1 Å². The third kappa shape index (κ3) is 2.97. The fourth-order valence-electron chi connectivity index (χ4n) is 0.990. The van der Waals surface area contributed by atoms with Gasteiger partial charge in [-0.3, -0.25) is 0 Å². The molecule has 1 aromatic rings. The predicted octanol–water partition coefficient (Wildman–Crippen LogP) is 1.69. The third-order valence-electron chi connectivity index (χ3n) is 2.00. The number of rotatable bonds is 4. The van der Waals surface area contributed by atoms with Crippen LogP contribution in [-0.4, -0.2) is 24.7 Å². The molecular weight excluding hydrogens is 184 g/mol. The minimum absolute atomic E-state index is 0.123. The highest BCUT2D eigenvalue weighted by molar-refractivity contribution is 7.13. The quantitative estimate of drug-likeness (QED) is 0.803. The van der Waals surface area contributed by atoms with Crippen molar-refractivity contribution in [2.24, 2.45) is 0 Å². The van der Waals surface area contributed by atoms with E-state index in [0.717, 1.165) is 11.6 Å². The summed E-state index contributed by atoms with van der Waals surface area (Å²) in [6, 6.07) is 0. The van der Waals surface area contributed by atoms with Gasteiger partial charge in [0, 0.05) is 23.0 Å². The van der Waals surface area contributed by atoms with E-state index < -0.39 is 0 Å². The summed E-state index contributed by atoms with van der Waals surface area (Å²) in [7, 11) is 3.62. The molecule has 3 nitrogen and oxygen atoms in total. The first kappa shape index (κ1) is 10.5. The Morgan fingerprint density at radius 2 is 2.31 bits per heavy atom. The Kier molecular flexibility index (Phi) is 3.27. The Morgan fingerprint density at radius 1 is 1.62 bits per heavy atom. The van der Waals surface area contributed by atoms with Crippen LogP contribution >= 0.6 is 11.3 Å². The molecule has 1 heterocycles. The van der Waals surface area contributed by atoms with Crippen LogP contribution in [0.25, 0.3) is 0 Å². The molecule has 0 unspecified atom stereocenters. The van der Waals surface area contributed by atoms with Crippen molar-refractivity contribution in [3.05, 3.63) is 11.1 Å². The molecule has 0 amide bonds. The van der Waals surface area contributed by atoms with E-state index in [9.17, 15) is 0 Å². The number of thiazole rings is 1. The van der Waals surface area contributed by atoms with Crippen LogP contribution in [0, 0.1) is 0 Å². The lowest BCUT2D eigenvalue weighted by Crippen LogP contribution is -2.38. The smallest absolute Gasteiger partial charge is 0.273 e. The molecule has 0 saturated carbocycles. The highest BCUT2D eigenvalue weighted by Crippen LogP contribution is 2.23. The molecule has 0 saturated heterocycles. The van der Waals surface area contributed by atoms with Gasteiger partial charge in [-0.15, -0.1) is 0 Å². The summed E-state index contributed by atoms with van der Waals surface area (Å²) in [5.74, 6) is 0. The predicted molar refractivity (Wildman–Crippen MR) is 55.5 cm³/mol. The average molecular weight is 200 g/mol. The number of nitrogens with zero attached hydrogens (tertiary/aromatic N) is 1. The summed E-state index contributed by atoms with van der Waals surface area (Å²) in [6.07, 6.45) is 2.85. The monoisotopic (exact) mass is 200 g/mol. The van der Waals surface area contributed by atoms with Crippen molar-refractivity contribution in [3.8, 4) is 5.19 Å². The summed E-state index contributed by atoms with van der Waals surface area (Å²) < 4.78 is 5.03. The number of methoxy groups -OCH3 is 1. The molecule has 4 heteroatoms. The number of hydrogen-bond acceptors (Lipinski definition) is 4. The van der Waals surface area contributed by atoms with Gasteiger partial charge in [0.25, 0.3) is 5.19 Å². The van der Waals surface area contributed by atoms with Gasteiger partial charge in [-0.2, -0.15) is 0 Å². The molecule has 0 fully saturated rings. The van der Waals surface area contributed by atoms with Crippen molar-refractivity contribution in [2.45, 2.75) is 25.8 Å². The van der Waals surface area contributed by atoms with Gasteiger partial charge in [0.15, 0.2) is 0 Å². The van der Waals surface area contributed by atoms with Crippen LogP contribution in [0.1, 0.15) is 18.7 Å². The van der Waals surface area contributed by atoms with Crippen LogP contribution in [0.5, 0.6) is 5.19 Å². The van der Waals surface area contributed by atoms with Gasteiger partial charge in [0.1, 0.15) is 0 Å². The molecule has 0 atom stereocenters. The fourth-order valence-corrected chi connectivity index (χ4v) is 1.94. The first-order valence-electron chi connectivity index (χ1n) is 4.25. The largest absolute Gasteiger partial charge is 0.473 e. The molecule has 0 bridgehead atoms. The van der Waals surface area contributed by atoms with Crippen LogP contribution in [0.3, 0.4) is 0 Å². The molecule has 1 aromatic heterocycles. The Hall–Kier alpha value is -0.610. The van der Waals surface area contributed by atoms with Crippen LogP contribution < -0.4 is 10.1 Å². The summed E-state index contributed by atoms with van der Waals surface area (Å²) in [5, 5.41) is 3.99. The van der Waals surface area contributed by atoms with E-state index in [-0.39, 0.29) is 5.54 Å². The van der Waals surface area contributed by atoms with Gasteiger partial charge in [0.2, 0.25) is 0 Å². The van der Waals surface area contributed by atoms with E-state index in [4.69, 9.17) is 4.74 Å². The lowest BCUT2D eigenvalue weighted by molar-refractivity contribution is 0.412. The highest BCUT2D eigenvalue weighted by atomic mass is 32.1. The fraction of sp³-hybridized carbons (Fsp3) is 0.667. The van der Waals surface area contributed by atoms with Crippen molar-refractivity contribution >= 4 is 11.3 Å². The van der Waals surface area contributed by atoms with E-state index in [2.05, 4.69) is 24.1 Å². The summed E-state index contributed by atoms with van der Waals surface area (Å²) >= 11 is 1.60. The lowest BCUT2D eigenvalue weighted by atomic mass is 10.0. The van der Waals surface area contributed by atoms with E-state index in [0.29, 0.717) is 0 Å². The maximum Gasteiger partial charge on any atom is 0.273 e. The minimum atomic E-state index is 0.123. The molecule has 1 rings (SSSR count). The topological polar surface area (TPSA) is 34.2 Å². The molecule has 74 valence electrons. The second kappa shape index (κ2) is 4.07. The second-order valence-electron chi connectivity index (χ2n) is 3.61. The third-order valence-corrected chi connectivity index (χ3v) is 2.96. The first-order valence-corrected chi connectivity index (χ1v) is 5.06. The molecule has 0 radical (unpaired) electrons. The Bertz CT molecular complexity index is 270. The maximum atomic E-state index is 5.03. The van der Waals surface area contributed by atoms with Crippen molar-refractivity contribution in [1.29, 1.82) is 0 Å². The number of likely N-dealkylation sites (N-methyl/N-ethyl adjacent to an activating group) is 1. The van der Waals surface area contributed by atoms with E-state index in [1.165, 1.54) is 4.88 Å². The van der Waals surface area contributed by atoms with E-state index in [1.807, 2.05) is 13.2 Å². The van der Waals surface area contributed by atoms with Crippen molar-refractivity contribution < 1.29 is 4.74 Å². The SMILES string of the molecule is CNC(C)(C)Cc1cnc(OC)s1. The van der Waals surface area contributed by atoms with Crippen molar-refractivity contribution in [3.63, 3.8) is 0 Å². The number of nitrogens with one attached hydrogen (secondary N) is 1. The summed E-state index contributed by atoms with van der Waals surface area (Å²) in [6.45, 7) is 4.33. The molecule has 0 spiro atoms. The number of ether oxygens (including phenoxy) is 1. The van der Waals surface area contributed by atoms with Gasteiger partial charge in [-0.1, -0.05) is 11.3 Å². The van der Waals surface area contributed by atoms with Gasteiger partial charge in [-0.05, 0) is 20.9 Å². The molecule has 13 heavy (non-hydrogen) atoms. The normalized spacial score (nSPS) is 11.7. The zero-order valence-corrected chi connectivity index (χ0v) is 9.36. The van der Waals surface area contributed by atoms with Crippen LogP contribution in [0.2, 0.25) is 0 Å².